The van der Waals surface area contributed by atoms with Gasteiger partial charge in [-0.05, 0) is 36.4 Å². The number of oxazole rings is 1. The van der Waals surface area contributed by atoms with Crippen LogP contribution < -0.4 is 0 Å². The highest BCUT2D eigenvalue weighted by Crippen LogP contribution is 2.25. The summed E-state index contributed by atoms with van der Waals surface area (Å²) < 4.78 is 33.9. The third-order valence-corrected chi connectivity index (χ3v) is 5.26. The number of Topliss-reactive ketones (excluding diaryl/α,β-unsaturated/α-hetero) is 1. The molecule has 1 aromatic carbocycles. The molecule has 0 bridgehead atoms. The highest BCUT2D eigenvalue weighted by Gasteiger charge is 2.23. The number of nitrogens with zero attached hydrogens (tertiary/aromatic N) is 5. The fraction of sp³-hybridized carbons (Fsp3) is 0.208. The molecule has 0 aliphatic rings. The molecule has 0 radical (unpaired) electrons. The van der Waals surface area contributed by atoms with Gasteiger partial charge in [0.25, 0.3) is 12.3 Å². The van der Waals surface area contributed by atoms with Gasteiger partial charge >= 0.3 is 0 Å². The minimum Gasteiger partial charge on any atom is -0.444 e. The second kappa shape index (κ2) is 10.3. The van der Waals surface area contributed by atoms with Gasteiger partial charge in [0.05, 0.1) is 12.3 Å². The first-order chi connectivity index (χ1) is 16.9. The van der Waals surface area contributed by atoms with E-state index in [4.69, 9.17) is 9.52 Å². The Morgan fingerprint density at radius 3 is 2.51 bits per heavy atom. The number of carbonyl (C=O) groups is 2. The number of benzene rings is 1. The van der Waals surface area contributed by atoms with E-state index < -0.39 is 17.9 Å². The number of aromatic nitrogens is 4. The van der Waals surface area contributed by atoms with Gasteiger partial charge in [-0.3, -0.25) is 14.6 Å². The molecule has 0 aliphatic heterocycles. The summed E-state index contributed by atoms with van der Waals surface area (Å²) in [5.74, 6) is -0.562. The molecule has 4 aromatic rings. The van der Waals surface area contributed by atoms with Gasteiger partial charge in [-0.2, -0.15) is 5.10 Å². The van der Waals surface area contributed by atoms with Crippen molar-refractivity contribution in [3.63, 3.8) is 0 Å². The summed E-state index contributed by atoms with van der Waals surface area (Å²) in [6.45, 7) is 0.0232. The van der Waals surface area contributed by atoms with E-state index in [0.717, 1.165) is 0 Å². The number of aliphatic hydroxyl groups excluding tert-OH is 1. The molecule has 3 aromatic heterocycles. The van der Waals surface area contributed by atoms with Crippen LogP contribution in [0, 0.1) is 0 Å². The molecule has 35 heavy (non-hydrogen) atoms. The van der Waals surface area contributed by atoms with Crippen molar-refractivity contribution < 1.29 is 27.9 Å². The van der Waals surface area contributed by atoms with Crippen molar-refractivity contribution >= 4 is 11.7 Å². The molecule has 3 heterocycles. The number of hydrogen-bond acceptors (Lipinski definition) is 7. The Morgan fingerprint density at radius 2 is 1.86 bits per heavy atom. The van der Waals surface area contributed by atoms with E-state index in [-0.39, 0.29) is 42.6 Å². The van der Waals surface area contributed by atoms with Crippen LogP contribution >= 0.6 is 0 Å². The molecule has 180 valence electrons. The number of carbonyl (C=O) groups excluding carboxylic acids is 2. The summed E-state index contributed by atoms with van der Waals surface area (Å²) in [7, 11) is 1.56. The molecule has 1 N–H and O–H groups in total. The van der Waals surface area contributed by atoms with E-state index in [9.17, 15) is 18.4 Å². The van der Waals surface area contributed by atoms with Crippen molar-refractivity contribution in [1.29, 1.82) is 0 Å². The summed E-state index contributed by atoms with van der Waals surface area (Å²) >= 11 is 0. The first-order valence-electron chi connectivity index (χ1n) is 10.6. The summed E-state index contributed by atoms with van der Waals surface area (Å²) in [6, 6.07) is 9.54. The van der Waals surface area contributed by atoms with Crippen molar-refractivity contribution in [2.75, 3.05) is 20.2 Å². The molecule has 1 amide bonds. The lowest BCUT2D eigenvalue weighted by Crippen LogP contribution is -2.29. The zero-order chi connectivity index (χ0) is 24.9. The number of amides is 1. The minimum atomic E-state index is -2.89. The monoisotopic (exact) mass is 481 g/mol. The number of alkyl halides is 2. The van der Waals surface area contributed by atoms with E-state index in [1.807, 2.05) is 0 Å². The highest BCUT2D eigenvalue weighted by molar-refractivity contribution is 5.96. The molecule has 11 heteroatoms. The lowest BCUT2D eigenvalue weighted by molar-refractivity contribution is 0.0766. The number of likely N-dealkylation sites (N-methyl/N-ethyl adjacent to an activating group) is 1. The van der Waals surface area contributed by atoms with Crippen LogP contribution in [-0.4, -0.2) is 61.6 Å². The molecular formula is C24H21F2N5O4. The summed E-state index contributed by atoms with van der Waals surface area (Å²) in [6.07, 6.45) is 2.42. The van der Waals surface area contributed by atoms with Gasteiger partial charge in [-0.1, -0.05) is 0 Å². The zero-order valence-corrected chi connectivity index (χ0v) is 18.6. The first kappa shape index (κ1) is 23.9. The van der Waals surface area contributed by atoms with Gasteiger partial charge in [0.15, 0.2) is 5.78 Å². The summed E-state index contributed by atoms with van der Waals surface area (Å²) in [5, 5.41) is 12.9. The summed E-state index contributed by atoms with van der Waals surface area (Å²) in [5.41, 5.74) is 0.996. The fourth-order valence-corrected chi connectivity index (χ4v) is 3.40. The van der Waals surface area contributed by atoms with Gasteiger partial charge in [-0.15, -0.1) is 0 Å². The number of pyridine rings is 1. The molecule has 9 nitrogen and oxygen atoms in total. The van der Waals surface area contributed by atoms with E-state index in [1.165, 1.54) is 34.2 Å². The van der Waals surface area contributed by atoms with Gasteiger partial charge in [0.1, 0.15) is 17.7 Å². The maximum absolute atomic E-state index is 13.7. The zero-order valence-electron chi connectivity index (χ0n) is 18.6. The minimum absolute atomic E-state index is 0.0136. The number of hydrogen-bond donors (Lipinski definition) is 1. The predicted octanol–water partition coefficient (Wildman–Crippen LogP) is 3.35. The Balaban J connectivity index is 1.54. The van der Waals surface area contributed by atoms with E-state index in [2.05, 4.69) is 15.1 Å². The van der Waals surface area contributed by atoms with Crippen LogP contribution in [0.25, 0.3) is 17.1 Å². The smallest absolute Gasteiger partial charge is 0.282 e. The second-order valence-electron chi connectivity index (χ2n) is 7.66. The molecule has 0 fully saturated rings. The van der Waals surface area contributed by atoms with Crippen LogP contribution in [0.15, 0.2) is 65.7 Å². The maximum Gasteiger partial charge on any atom is 0.282 e. The van der Waals surface area contributed by atoms with Crippen molar-refractivity contribution in [2.24, 2.45) is 0 Å². The fourth-order valence-electron chi connectivity index (χ4n) is 3.40. The molecule has 0 atom stereocenters. The molecular weight excluding hydrogens is 460 g/mol. The van der Waals surface area contributed by atoms with Crippen molar-refractivity contribution in [3.8, 4) is 17.1 Å². The largest absolute Gasteiger partial charge is 0.444 e. The quantitative estimate of drug-likeness (QED) is 0.365. The van der Waals surface area contributed by atoms with E-state index >= 15 is 0 Å². The lowest BCUT2D eigenvalue weighted by atomic mass is 10.1. The second-order valence-corrected chi connectivity index (χ2v) is 7.66. The van der Waals surface area contributed by atoms with Crippen LogP contribution in [0.2, 0.25) is 0 Å². The average molecular weight is 481 g/mol. The Kier molecular flexibility index (Phi) is 7.06. The summed E-state index contributed by atoms with van der Waals surface area (Å²) in [4.78, 5) is 34.5. The van der Waals surface area contributed by atoms with Crippen LogP contribution in [0.5, 0.6) is 0 Å². The average Bonchev–Trinajstić information content (AvgIpc) is 3.52. The van der Waals surface area contributed by atoms with Gasteiger partial charge < -0.3 is 14.4 Å². The van der Waals surface area contributed by atoms with Gasteiger partial charge in [0, 0.05) is 55.3 Å². The van der Waals surface area contributed by atoms with Crippen molar-refractivity contribution in [3.05, 3.63) is 83.8 Å². The SMILES string of the molecule is CN(CCO)C(=O)c1ccc(-n2cc(CC(=O)c3coc(-c4ccncc4)n3)c(C(F)F)n2)cc1. The molecule has 0 spiro atoms. The Labute approximate surface area is 198 Å². The van der Waals surface area contributed by atoms with E-state index in [1.54, 1.807) is 43.7 Å². The first-order valence-corrected chi connectivity index (χ1v) is 10.6. The van der Waals surface area contributed by atoms with Crippen LogP contribution in [0.4, 0.5) is 8.78 Å². The normalized spacial score (nSPS) is 11.1. The Bertz CT molecular complexity index is 1320. The van der Waals surface area contributed by atoms with Crippen LogP contribution in [0.1, 0.15) is 38.5 Å². The molecule has 0 aliphatic carbocycles. The van der Waals surface area contributed by atoms with Gasteiger partial charge in [0.2, 0.25) is 5.89 Å². The van der Waals surface area contributed by atoms with Crippen molar-refractivity contribution in [1.82, 2.24) is 24.6 Å². The maximum atomic E-state index is 13.7. The highest BCUT2D eigenvalue weighted by atomic mass is 19.3. The molecule has 4 rings (SSSR count). The number of halogens is 2. The Morgan fingerprint density at radius 1 is 1.14 bits per heavy atom. The lowest BCUT2D eigenvalue weighted by Gasteiger charge is -2.15. The standard InChI is InChI=1S/C24H21F2N5O4/c1-30(10-11-32)24(34)16-2-4-18(5-3-16)31-13-17(21(29-31)22(25)26)12-20(33)19-14-35-23(28-19)15-6-8-27-9-7-15/h2-9,13-14,22,32H,10-12H2,1H3. The van der Waals surface area contributed by atoms with Crippen LogP contribution in [-0.2, 0) is 6.42 Å². The van der Waals surface area contributed by atoms with E-state index in [0.29, 0.717) is 16.8 Å². The van der Waals surface area contributed by atoms with Crippen molar-refractivity contribution in [2.45, 2.75) is 12.8 Å². The Hall–Kier alpha value is -4.25. The third-order valence-electron chi connectivity index (χ3n) is 5.26. The number of aliphatic hydroxyl groups is 1. The van der Waals surface area contributed by atoms with Gasteiger partial charge in [-0.25, -0.2) is 18.4 Å². The molecule has 0 unspecified atom stereocenters. The molecule has 0 saturated carbocycles. The topological polar surface area (TPSA) is 114 Å². The third kappa shape index (κ3) is 5.30. The predicted molar refractivity (Wildman–Crippen MR) is 120 cm³/mol. The number of rotatable bonds is 9. The molecule has 0 saturated heterocycles. The number of ketones is 1. The van der Waals surface area contributed by atoms with Crippen LogP contribution in [0.3, 0.4) is 0 Å².